The van der Waals surface area contributed by atoms with Crippen molar-refractivity contribution in [3.05, 3.63) is 109 Å². The highest BCUT2D eigenvalue weighted by Gasteiger charge is 2.27. The van der Waals surface area contributed by atoms with Crippen LogP contribution >= 0.6 is 7.82 Å². The second-order valence-electron chi connectivity index (χ2n) is 15.2. The van der Waals surface area contributed by atoms with Crippen LogP contribution < -0.4 is 0 Å². The van der Waals surface area contributed by atoms with Gasteiger partial charge in [-0.05, 0) is 83.5 Å². The highest BCUT2D eigenvalue weighted by Crippen LogP contribution is 2.43. The molecule has 0 rings (SSSR count). The summed E-state index contributed by atoms with van der Waals surface area (Å²) >= 11 is 0. The van der Waals surface area contributed by atoms with Crippen molar-refractivity contribution >= 4 is 19.8 Å². The fraction of sp³-hybridized carbons (Fsp3) is 0.583. The van der Waals surface area contributed by atoms with Crippen molar-refractivity contribution in [3.8, 4) is 0 Å². The molecule has 11 heteroatoms. The van der Waals surface area contributed by atoms with E-state index in [9.17, 15) is 24.2 Å². The van der Waals surface area contributed by atoms with Crippen LogP contribution in [0.4, 0.5) is 0 Å². The molecule has 2 N–H and O–H groups in total. The first-order chi connectivity index (χ1) is 28.4. The van der Waals surface area contributed by atoms with Crippen molar-refractivity contribution in [3.63, 3.8) is 0 Å². The van der Waals surface area contributed by atoms with Gasteiger partial charge in [0.2, 0.25) is 0 Å². The number of aliphatic hydroxyl groups is 1. The largest absolute Gasteiger partial charge is 0.472 e. The summed E-state index contributed by atoms with van der Waals surface area (Å²) in [5, 5.41) is 10.3. The zero-order valence-corrected chi connectivity index (χ0v) is 37.9. The summed E-state index contributed by atoms with van der Waals surface area (Å²) in [5.41, 5.74) is 0. The van der Waals surface area contributed by atoms with Gasteiger partial charge in [0.25, 0.3) is 0 Å². The standard InChI is InChI=1S/C48H78NO9P/c1-6-8-10-12-14-16-18-20-21-22-23-25-27-29-31-33-35-39-47(51)55-43-46(44-57-59(53,54)56-42-41-49(3,4)5)58-48(52)40-36-38-45(50)37-34-32-30-28-26-24-19-17-15-13-11-9-7-2/h8,10,14-17,20-21,23-26,29-32,34,37,45-46,50H,6-7,9,11-13,18-19,22,27-28,33,35-36,38-44H2,1-5H3/p+1/b10-8-,16-14-,17-15-,21-20-,25-23-,26-24-,31-29-,32-30-,37-34+/t45-,46+/m0/s1. The molecule has 0 spiro atoms. The number of phosphoric acid groups is 1. The van der Waals surface area contributed by atoms with Crippen LogP contribution in [-0.4, -0.2) is 86.1 Å². The first kappa shape index (κ1) is 55.6. The second-order valence-corrected chi connectivity index (χ2v) is 16.6. The van der Waals surface area contributed by atoms with Gasteiger partial charge in [0.15, 0.2) is 6.10 Å². The predicted molar refractivity (Wildman–Crippen MR) is 244 cm³/mol. The molecular weight excluding hydrogens is 765 g/mol. The van der Waals surface area contributed by atoms with E-state index in [-0.39, 0.29) is 26.1 Å². The molecule has 0 saturated heterocycles. The second kappa shape index (κ2) is 38.8. The predicted octanol–water partition coefficient (Wildman–Crippen LogP) is 11.3. The molecule has 3 atom stereocenters. The molecule has 0 radical (unpaired) electrons. The summed E-state index contributed by atoms with van der Waals surface area (Å²) in [6.45, 7) is 3.95. The Morgan fingerprint density at radius 3 is 1.71 bits per heavy atom. The smallest absolute Gasteiger partial charge is 0.462 e. The minimum absolute atomic E-state index is 0.00688. The molecule has 0 aliphatic heterocycles. The molecule has 0 aromatic heterocycles. The van der Waals surface area contributed by atoms with Crippen LogP contribution in [0, 0.1) is 0 Å². The van der Waals surface area contributed by atoms with Crippen molar-refractivity contribution in [2.24, 2.45) is 0 Å². The monoisotopic (exact) mass is 845 g/mol. The molecule has 10 nitrogen and oxygen atoms in total. The van der Waals surface area contributed by atoms with Gasteiger partial charge in [0.05, 0.1) is 33.9 Å². The molecular formula is C48H79NO9P+. The van der Waals surface area contributed by atoms with E-state index in [4.69, 9.17) is 18.5 Å². The Morgan fingerprint density at radius 2 is 1.15 bits per heavy atom. The third-order valence-electron chi connectivity index (χ3n) is 8.39. The number of hydrogen-bond acceptors (Lipinski definition) is 8. The molecule has 0 heterocycles. The zero-order valence-electron chi connectivity index (χ0n) is 37.0. The van der Waals surface area contributed by atoms with Gasteiger partial charge in [-0.1, -0.05) is 136 Å². The van der Waals surface area contributed by atoms with E-state index in [1.807, 2.05) is 39.4 Å². The van der Waals surface area contributed by atoms with Crippen LogP contribution in [0.25, 0.3) is 0 Å². The third kappa shape index (κ3) is 42.6. The van der Waals surface area contributed by atoms with Gasteiger partial charge in [-0.15, -0.1) is 0 Å². The van der Waals surface area contributed by atoms with Gasteiger partial charge < -0.3 is 24.0 Å². The van der Waals surface area contributed by atoms with Gasteiger partial charge in [-0.2, -0.15) is 0 Å². The SMILES string of the molecule is CC/C=C\C/C=C\C/C=C\C/C=C\C/C=C\CCCC(=O)OC[C@H](COP(=O)(O)OCC[N+](C)(C)C)OC(=O)CCC[C@@H](O)/C=C/C=C\C/C=C\C/C=C\CCCCC. The molecule has 0 saturated carbocycles. The molecule has 334 valence electrons. The summed E-state index contributed by atoms with van der Waals surface area (Å²) in [6.07, 6.45) is 48.9. The summed E-state index contributed by atoms with van der Waals surface area (Å²) in [4.78, 5) is 35.4. The van der Waals surface area contributed by atoms with Gasteiger partial charge in [0, 0.05) is 12.8 Å². The van der Waals surface area contributed by atoms with Crippen LogP contribution in [0.3, 0.4) is 0 Å². The summed E-state index contributed by atoms with van der Waals surface area (Å²) < 4.78 is 34.0. The number of hydrogen-bond donors (Lipinski definition) is 2. The van der Waals surface area contributed by atoms with Gasteiger partial charge >= 0.3 is 19.8 Å². The van der Waals surface area contributed by atoms with E-state index < -0.39 is 38.6 Å². The van der Waals surface area contributed by atoms with Crippen LogP contribution in [0.15, 0.2) is 109 Å². The van der Waals surface area contributed by atoms with Crippen molar-refractivity contribution < 1.29 is 47.2 Å². The Kier molecular flexibility index (Phi) is 36.6. The Hall–Kier alpha value is -3.37. The number of aliphatic hydroxyl groups excluding tert-OH is 1. The highest BCUT2D eigenvalue weighted by molar-refractivity contribution is 7.47. The summed E-state index contributed by atoms with van der Waals surface area (Å²) in [6, 6.07) is 0. The molecule has 0 aliphatic rings. The number of nitrogens with zero attached hydrogens (tertiary/aromatic N) is 1. The van der Waals surface area contributed by atoms with Crippen LogP contribution in [0.2, 0.25) is 0 Å². The number of carbonyl (C=O) groups is 2. The van der Waals surface area contributed by atoms with E-state index in [2.05, 4.69) is 92.8 Å². The Balaban J connectivity index is 4.69. The third-order valence-corrected chi connectivity index (χ3v) is 9.38. The number of likely N-dealkylation sites (N-methyl/N-ethyl adjacent to an activating group) is 1. The first-order valence-corrected chi connectivity index (χ1v) is 23.2. The molecule has 0 aliphatic carbocycles. The fourth-order valence-corrected chi connectivity index (χ4v) is 5.72. The van der Waals surface area contributed by atoms with E-state index in [1.165, 1.54) is 19.3 Å². The topological polar surface area (TPSA) is 129 Å². The first-order valence-electron chi connectivity index (χ1n) is 21.7. The van der Waals surface area contributed by atoms with Crippen LogP contribution in [-0.2, 0) is 32.7 Å². The maximum atomic E-state index is 12.7. The minimum Gasteiger partial charge on any atom is -0.462 e. The average molecular weight is 845 g/mol. The Bertz CT molecular complexity index is 1380. The van der Waals surface area contributed by atoms with E-state index in [1.54, 1.807) is 12.2 Å². The van der Waals surface area contributed by atoms with E-state index in [0.29, 0.717) is 36.7 Å². The number of unbranched alkanes of at least 4 members (excludes halogenated alkanes) is 4. The molecule has 59 heavy (non-hydrogen) atoms. The van der Waals surface area contributed by atoms with Gasteiger partial charge in [0.1, 0.15) is 19.8 Å². The number of esters is 2. The maximum absolute atomic E-state index is 12.7. The van der Waals surface area contributed by atoms with E-state index >= 15 is 0 Å². The highest BCUT2D eigenvalue weighted by atomic mass is 31.2. The molecule has 0 aromatic carbocycles. The molecule has 0 fully saturated rings. The van der Waals surface area contributed by atoms with E-state index in [0.717, 1.165) is 51.4 Å². The van der Waals surface area contributed by atoms with Crippen molar-refractivity contribution in [2.75, 3.05) is 47.5 Å². The minimum atomic E-state index is -4.45. The van der Waals surface area contributed by atoms with Crippen molar-refractivity contribution in [2.45, 2.75) is 135 Å². The molecule has 0 amide bonds. The zero-order chi connectivity index (χ0) is 43.7. The summed E-state index contributed by atoms with van der Waals surface area (Å²) in [5.74, 6) is -1.08. The maximum Gasteiger partial charge on any atom is 0.472 e. The number of allylic oxidation sites excluding steroid dienone is 17. The Morgan fingerprint density at radius 1 is 0.627 bits per heavy atom. The average Bonchev–Trinajstić information content (AvgIpc) is 3.18. The lowest BCUT2D eigenvalue weighted by atomic mass is 10.1. The number of phosphoric ester groups is 1. The normalized spacial score (nSPS) is 15.2. The lowest BCUT2D eigenvalue weighted by Gasteiger charge is -2.24. The molecule has 1 unspecified atom stereocenters. The fourth-order valence-electron chi connectivity index (χ4n) is 4.97. The molecule has 0 bridgehead atoms. The Labute approximate surface area is 358 Å². The number of quaternary nitrogens is 1. The quantitative estimate of drug-likeness (QED) is 0.0157. The van der Waals surface area contributed by atoms with Crippen molar-refractivity contribution in [1.29, 1.82) is 0 Å². The van der Waals surface area contributed by atoms with Crippen LogP contribution in [0.5, 0.6) is 0 Å². The van der Waals surface area contributed by atoms with Crippen LogP contribution in [0.1, 0.15) is 123 Å². The number of ether oxygens (including phenoxy) is 2. The lowest BCUT2D eigenvalue weighted by Crippen LogP contribution is -2.37. The lowest BCUT2D eigenvalue weighted by molar-refractivity contribution is -0.870. The number of rotatable bonds is 37. The van der Waals surface area contributed by atoms with Gasteiger partial charge in [-0.3, -0.25) is 18.6 Å². The van der Waals surface area contributed by atoms with Crippen molar-refractivity contribution in [1.82, 2.24) is 0 Å². The summed E-state index contributed by atoms with van der Waals surface area (Å²) in [7, 11) is 1.31. The molecule has 0 aromatic rings. The number of carbonyl (C=O) groups excluding carboxylic acids is 2. The van der Waals surface area contributed by atoms with Gasteiger partial charge in [-0.25, -0.2) is 4.57 Å².